The topological polar surface area (TPSA) is 20.3 Å². The number of benzene rings is 2. The first-order valence-electron chi connectivity index (χ1n) is 7.45. The average Bonchev–Trinajstić information content (AvgIpc) is 2.55. The highest BCUT2D eigenvalue weighted by molar-refractivity contribution is 7.99. The van der Waals surface area contributed by atoms with Gasteiger partial charge in [0, 0.05) is 30.7 Å². The van der Waals surface area contributed by atoms with Gasteiger partial charge in [-0.2, -0.15) is 13.2 Å². The number of alkyl halides is 3. The van der Waals surface area contributed by atoms with Crippen LogP contribution in [-0.4, -0.2) is 23.6 Å². The zero-order valence-electron chi connectivity index (χ0n) is 13.2. The third-order valence-corrected chi connectivity index (χ3v) is 4.50. The quantitative estimate of drug-likeness (QED) is 0.692. The summed E-state index contributed by atoms with van der Waals surface area (Å²) in [6.07, 6.45) is -4.13. The number of carbonyl (C=O) groups excluding carboxylic acids is 1. The molecule has 128 valence electrons. The van der Waals surface area contributed by atoms with Gasteiger partial charge in [-0.05, 0) is 23.8 Å². The van der Waals surface area contributed by atoms with E-state index in [0.717, 1.165) is 11.0 Å². The summed E-state index contributed by atoms with van der Waals surface area (Å²) in [5.74, 6) is 0.420. The molecule has 2 nitrogen and oxygen atoms in total. The molecule has 0 atom stereocenters. The van der Waals surface area contributed by atoms with Crippen molar-refractivity contribution in [3.8, 4) is 0 Å². The third-order valence-electron chi connectivity index (χ3n) is 3.48. The molecule has 24 heavy (non-hydrogen) atoms. The van der Waals surface area contributed by atoms with Crippen LogP contribution in [0.15, 0.2) is 59.5 Å². The largest absolute Gasteiger partial charge is 0.416 e. The van der Waals surface area contributed by atoms with Crippen LogP contribution in [0.4, 0.5) is 13.2 Å². The van der Waals surface area contributed by atoms with E-state index in [4.69, 9.17) is 0 Å². The number of carbonyl (C=O) groups is 1. The van der Waals surface area contributed by atoms with Crippen molar-refractivity contribution < 1.29 is 18.0 Å². The molecule has 0 saturated heterocycles. The maximum atomic E-state index is 13.0. The summed E-state index contributed by atoms with van der Waals surface area (Å²) in [6.45, 7) is -0.0511. The highest BCUT2D eigenvalue weighted by atomic mass is 32.2. The highest BCUT2D eigenvalue weighted by Crippen LogP contribution is 2.32. The van der Waals surface area contributed by atoms with Gasteiger partial charge < -0.3 is 4.90 Å². The van der Waals surface area contributed by atoms with E-state index in [-0.39, 0.29) is 24.4 Å². The van der Waals surface area contributed by atoms with Crippen LogP contribution in [0.2, 0.25) is 0 Å². The van der Waals surface area contributed by atoms with Gasteiger partial charge in [0.25, 0.3) is 0 Å². The molecule has 0 aliphatic rings. The minimum Gasteiger partial charge on any atom is -0.341 e. The average molecular weight is 353 g/mol. The van der Waals surface area contributed by atoms with Crippen LogP contribution in [0, 0.1) is 0 Å². The molecule has 2 aromatic rings. The van der Waals surface area contributed by atoms with Crippen LogP contribution in [0.25, 0.3) is 0 Å². The van der Waals surface area contributed by atoms with E-state index in [1.165, 1.54) is 24.1 Å². The van der Waals surface area contributed by atoms with Gasteiger partial charge in [-0.15, -0.1) is 11.8 Å². The summed E-state index contributed by atoms with van der Waals surface area (Å²) in [5.41, 5.74) is -0.583. The number of hydrogen-bond donors (Lipinski definition) is 0. The van der Waals surface area contributed by atoms with E-state index in [2.05, 4.69) is 0 Å². The van der Waals surface area contributed by atoms with Gasteiger partial charge in [-0.1, -0.05) is 36.4 Å². The molecule has 0 bridgehead atoms. The first-order chi connectivity index (χ1) is 11.4. The van der Waals surface area contributed by atoms with E-state index in [1.54, 1.807) is 17.8 Å². The summed E-state index contributed by atoms with van der Waals surface area (Å²) in [5, 5.41) is 0. The van der Waals surface area contributed by atoms with Crippen LogP contribution < -0.4 is 0 Å². The van der Waals surface area contributed by atoms with Gasteiger partial charge in [0.15, 0.2) is 0 Å². The molecule has 2 aromatic carbocycles. The number of amides is 1. The number of halogens is 3. The number of hydrogen-bond acceptors (Lipinski definition) is 2. The molecule has 0 N–H and O–H groups in total. The Bertz CT molecular complexity index is 673. The predicted octanol–water partition coefficient (Wildman–Crippen LogP) is 4.85. The van der Waals surface area contributed by atoms with Crippen molar-refractivity contribution in [3.63, 3.8) is 0 Å². The third kappa shape index (κ3) is 5.30. The lowest BCUT2D eigenvalue weighted by molar-refractivity contribution is -0.139. The molecular weight excluding hydrogens is 335 g/mol. The summed E-state index contributed by atoms with van der Waals surface area (Å²) >= 11 is 1.55. The normalized spacial score (nSPS) is 11.3. The minimum atomic E-state index is -4.41. The van der Waals surface area contributed by atoms with Crippen molar-refractivity contribution in [2.45, 2.75) is 24.0 Å². The van der Waals surface area contributed by atoms with Gasteiger partial charge in [-0.25, -0.2) is 0 Å². The molecule has 0 spiro atoms. The minimum absolute atomic E-state index is 0.0511. The van der Waals surface area contributed by atoms with Crippen LogP contribution in [0.1, 0.15) is 17.5 Å². The van der Waals surface area contributed by atoms with Gasteiger partial charge in [0.2, 0.25) is 5.91 Å². The molecule has 0 heterocycles. The summed E-state index contributed by atoms with van der Waals surface area (Å²) < 4.78 is 39.0. The Morgan fingerprint density at radius 3 is 2.33 bits per heavy atom. The molecule has 2 rings (SSSR count). The van der Waals surface area contributed by atoms with Gasteiger partial charge in [0.05, 0.1) is 5.56 Å². The van der Waals surface area contributed by atoms with E-state index in [1.807, 2.05) is 30.3 Å². The van der Waals surface area contributed by atoms with Crippen LogP contribution >= 0.6 is 11.8 Å². The molecule has 0 aromatic heterocycles. The predicted molar refractivity (Wildman–Crippen MR) is 89.7 cm³/mol. The lowest BCUT2D eigenvalue weighted by Gasteiger charge is -2.20. The maximum absolute atomic E-state index is 13.0. The smallest absolute Gasteiger partial charge is 0.341 e. The van der Waals surface area contributed by atoms with Crippen LogP contribution in [0.3, 0.4) is 0 Å². The lowest BCUT2D eigenvalue weighted by atomic mass is 10.1. The van der Waals surface area contributed by atoms with Crippen molar-refractivity contribution in [2.75, 3.05) is 12.8 Å². The Morgan fingerprint density at radius 1 is 1.04 bits per heavy atom. The second kappa shape index (κ2) is 8.24. The van der Waals surface area contributed by atoms with Gasteiger partial charge in [0.1, 0.15) is 0 Å². The fourth-order valence-electron chi connectivity index (χ4n) is 2.24. The maximum Gasteiger partial charge on any atom is 0.416 e. The molecule has 0 radical (unpaired) electrons. The van der Waals surface area contributed by atoms with Crippen LogP contribution in [0.5, 0.6) is 0 Å². The molecule has 0 fully saturated rings. The van der Waals surface area contributed by atoms with E-state index in [9.17, 15) is 18.0 Å². The SMILES string of the molecule is CN(Cc1ccccc1C(F)(F)F)C(=O)CCSc1ccccc1. The molecular formula is C18H18F3NOS. The Kier molecular flexibility index (Phi) is 6.31. The number of rotatable bonds is 6. The summed E-state index contributed by atoms with van der Waals surface area (Å²) in [7, 11) is 1.53. The Balaban J connectivity index is 1.90. The molecule has 0 unspecified atom stereocenters. The fraction of sp³-hybridized carbons (Fsp3) is 0.278. The summed E-state index contributed by atoms with van der Waals surface area (Å²) in [4.78, 5) is 14.5. The lowest BCUT2D eigenvalue weighted by Crippen LogP contribution is -2.27. The molecule has 0 saturated carbocycles. The Hall–Kier alpha value is -1.95. The molecule has 0 aliphatic carbocycles. The number of thioether (sulfide) groups is 1. The van der Waals surface area contributed by atoms with E-state index >= 15 is 0 Å². The zero-order valence-corrected chi connectivity index (χ0v) is 14.0. The second-order valence-electron chi connectivity index (χ2n) is 5.32. The highest BCUT2D eigenvalue weighted by Gasteiger charge is 2.33. The number of nitrogens with zero attached hydrogens (tertiary/aromatic N) is 1. The molecule has 1 amide bonds. The molecule has 0 aliphatic heterocycles. The monoisotopic (exact) mass is 353 g/mol. The van der Waals surface area contributed by atoms with Gasteiger partial charge >= 0.3 is 6.18 Å². The first-order valence-corrected chi connectivity index (χ1v) is 8.43. The van der Waals surface area contributed by atoms with E-state index < -0.39 is 11.7 Å². The Labute approximate surface area is 143 Å². The van der Waals surface area contributed by atoms with Crippen molar-refractivity contribution in [3.05, 3.63) is 65.7 Å². The van der Waals surface area contributed by atoms with E-state index in [0.29, 0.717) is 5.75 Å². The van der Waals surface area contributed by atoms with Crippen molar-refractivity contribution >= 4 is 17.7 Å². The zero-order chi connectivity index (χ0) is 17.6. The van der Waals surface area contributed by atoms with Crippen molar-refractivity contribution in [1.29, 1.82) is 0 Å². The summed E-state index contributed by atoms with van der Waals surface area (Å²) in [6, 6.07) is 15.0. The Morgan fingerprint density at radius 2 is 1.67 bits per heavy atom. The fourth-order valence-corrected chi connectivity index (χ4v) is 3.10. The first kappa shape index (κ1) is 18.4. The molecule has 6 heteroatoms. The van der Waals surface area contributed by atoms with Crippen molar-refractivity contribution in [2.24, 2.45) is 0 Å². The standard InChI is InChI=1S/C18H18F3NOS/c1-22(13-14-7-5-6-10-16(14)18(19,20)21)17(23)11-12-24-15-8-3-2-4-9-15/h2-10H,11-13H2,1H3. The van der Waals surface area contributed by atoms with Crippen LogP contribution in [-0.2, 0) is 17.5 Å². The van der Waals surface area contributed by atoms with Crippen molar-refractivity contribution in [1.82, 2.24) is 4.90 Å². The van der Waals surface area contributed by atoms with Gasteiger partial charge in [-0.3, -0.25) is 4.79 Å². The second-order valence-corrected chi connectivity index (χ2v) is 6.48.